The van der Waals surface area contributed by atoms with Crippen LogP contribution in [0, 0.1) is 5.41 Å². The Morgan fingerprint density at radius 3 is 2.42 bits per heavy atom. The summed E-state index contributed by atoms with van der Waals surface area (Å²) in [6, 6.07) is 0.409. The zero-order chi connectivity index (χ0) is 17.3. The van der Waals surface area contributed by atoms with Crippen molar-refractivity contribution in [3.8, 4) is 0 Å². The maximum Gasteiger partial charge on any atom is 0.221 e. The minimum Gasteiger partial charge on any atom is -0.357 e. The number of amides is 1. The molecule has 0 atom stereocenters. The molecule has 2 saturated carbocycles. The van der Waals surface area contributed by atoms with Gasteiger partial charge < -0.3 is 16.0 Å². The van der Waals surface area contributed by atoms with E-state index in [1.165, 1.54) is 44.9 Å². The van der Waals surface area contributed by atoms with Gasteiger partial charge in [0.2, 0.25) is 5.91 Å². The highest BCUT2D eigenvalue weighted by molar-refractivity contribution is 5.81. The van der Waals surface area contributed by atoms with E-state index in [-0.39, 0.29) is 5.91 Å². The molecule has 0 bridgehead atoms. The van der Waals surface area contributed by atoms with Gasteiger partial charge in [0, 0.05) is 32.1 Å². The summed E-state index contributed by atoms with van der Waals surface area (Å²) in [6.45, 7) is 6.75. The Morgan fingerprint density at radius 1 is 1.08 bits per heavy atom. The topological polar surface area (TPSA) is 65.5 Å². The standard InChI is InChI=1S/C19H36N4O/c1-3-19(12-7-8-13-19)15-22-18(20-4-2)21-14-11-17(24)23-16-9-5-6-10-16/h16H,3-15H2,1-2H3,(H,23,24)(H2,20,21,22). The largest absolute Gasteiger partial charge is 0.357 e. The fourth-order valence-corrected chi connectivity index (χ4v) is 4.00. The molecular formula is C19H36N4O. The molecule has 138 valence electrons. The average molecular weight is 337 g/mol. The van der Waals surface area contributed by atoms with Crippen molar-refractivity contribution in [1.29, 1.82) is 0 Å². The van der Waals surface area contributed by atoms with Gasteiger partial charge in [-0.2, -0.15) is 0 Å². The molecule has 0 saturated heterocycles. The molecule has 0 heterocycles. The van der Waals surface area contributed by atoms with E-state index in [0.717, 1.165) is 31.9 Å². The summed E-state index contributed by atoms with van der Waals surface area (Å²) < 4.78 is 0. The van der Waals surface area contributed by atoms with Crippen molar-refractivity contribution in [2.45, 2.75) is 84.1 Å². The third-order valence-electron chi connectivity index (χ3n) is 5.70. The predicted molar refractivity (Wildman–Crippen MR) is 100 cm³/mol. The van der Waals surface area contributed by atoms with Crippen LogP contribution < -0.4 is 16.0 Å². The second kappa shape index (κ2) is 9.90. The zero-order valence-electron chi connectivity index (χ0n) is 15.6. The molecular weight excluding hydrogens is 300 g/mol. The van der Waals surface area contributed by atoms with Crippen LogP contribution in [0.5, 0.6) is 0 Å². The van der Waals surface area contributed by atoms with E-state index in [2.05, 4.69) is 29.8 Å². The second-order valence-electron chi connectivity index (χ2n) is 7.48. The van der Waals surface area contributed by atoms with E-state index < -0.39 is 0 Å². The summed E-state index contributed by atoms with van der Waals surface area (Å²) in [7, 11) is 0. The summed E-state index contributed by atoms with van der Waals surface area (Å²) in [4.78, 5) is 16.8. The zero-order valence-corrected chi connectivity index (χ0v) is 15.6. The van der Waals surface area contributed by atoms with Gasteiger partial charge in [-0.3, -0.25) is 9.79 Å². The third-order valence-corrected chi connectivity index (χ3v) is 5.70. The highest BCUT2D eigenvalue weighted by atomic mass is 16.1. The van der Waals surface area contributed by atoms with Gasteiger partial charge in [-0.05, 0) is 44.4 Å². The van der Waals surface area contributed by atoms with Crippen molar-refractivity contribution < 1.29 is 4.79 Å². The first-order valence-corrected chi connectivity index (χ1v) is 9.99. The molecule has 2 aliphatic carbocycles. The minimum atomic E-state index is 0.158. The van der Waals surface area contributed by atoms with Gasteiger partial charge in [0.15, 0.2) is 5.96 Å². The minimum absolute atomic E-state index is 0.158. The Hall–Kier alpha value is -1.26. The average Bonchev–Trinajstić information content (AvgIpc) is 3.25. The van der Waals surface area contributed by atoms with Crippen LogP contribution in [-0.2, 0) is 4.79 Å². The molecule has 3 N–H and O–H groups in total. The van der Waals surface area contributed by atoms with E-state index >= 15 is 0 Å². The summed E-state index contributed by atoms with van der Waals surface area (Å²) >= 11 is 0. The van der Waals surface area contributed by atoms with Crippen molar-refractivity contribution >= 4 is 11.9 Å². The van der Waals surface area contributed by atoms with Crippen LogP contribution in [0.2, 0.25) is 0 Å². The highest BCUT2D eigenvalue weighted by Gasteiger charge is 2.31. The smallest absolute Gasteiger partial charge is 0.221 e. The molecule has 0 radical (unpaired) electrons. The summed E-state index contributed by atoms with van der Waals surface area (Å²) in [5.41, 5.74) is 0.405. The Labute approximate surface area is 147 Å². The van der Waals surface area contributed by atoms with E-state index in [4.69, 9.17) is 4.99 Å². The fraction of sp³-hybridized carbons (Fsp3) is 0.895. The lowest BCUT2D eigenvalue weighted by atomic mass is 9.84. The van der Waals surface area contributed by atoms with Crippen LogP contribution in [0.1, 0.15) is 78.1 Å². The molecule has 5 nitrogen and oxygen atoms in total. The molecule has 0 aliphatic heterocycles. The quantitative estimate of drug-likeness (QED) is 0.472. The molecule has 2 fully saturated rings. The van der Waals surface area contributed by atoms with Gasteiger partial charge in [-0.1, -0.05) is 32.6 Å². The number of hydrogen-bond acceptors (Lipinski definition) is 2. The Balaban J connectivity index is 1.73. The van der Waals surface area contributed by atoms with Gasteiger partial charge in [0.05, 0.1) is 0 Å². The molecule has 0 aromatic carbocycles. The van der Waals surface area contributed by atoms with Crippen molar-refractivity contribution in [2.24, 2.45) is 10.4 Å². The number of aliphatic imine (C=N–C) groups is 1. The van der Waals surface area contributed by atoms with Gasteiger partial charge in [-0.15, -0.1) is 0 Å². The van der Waals surface area contributed by atoms with Crippen molar-refractivity contribution in [2.75, 3.05) is 19.6 Å². The number of nitrogens with zero attached hydrogens (tertiary/aromatic N) is 1. The molecule has 0 aromatic heterocycles. The number of guanidine groups is 1. The maximum atomic E-state index is 12.0. The molecule has 2 rings (SSSR count). The van der Waals surface area contributed by atoms with Gasteiger partial charge in [0.1, 0.15) is 0 Å². The maximum absolute atomic E-state index is 12.0. The lowest BCUT2D eigenvalue weighted by Crippen LogP contribution is -2.41. The number of nitrogens with one attached hydrogen (secondary N) is 3. The normalized spacial score (nSPS) is 21.0. The Morgan fingerprint density at radius 2 is 1.79 bits per heavy atom. The lowest BCUT2D eigenvalue weighted by molar-refractivity contribution is -0.121. The number of rotatable bonds is 8. The highest BCUT2D eigenvalue weighted by Crippen LogP contribution is 2.41. The molecule has 24 heavy (non-hydrogen) atoms. The van der Waals surface area contributed by atoms with Crippen molar-refractivity contribution in [1.82, 2.24) is 16.0 Å². The van der Waals surface area contributed by atoms with Crippen LogP contribution in [0.3, 0.4) is 0 Å². The summed E-state index contributed by atoms with van der Waals surface area (Å²) in [5.74, 6) is 1.01. The van der Waals surface area contributed by atoms with Crippen LogP contribution in [0.25, 0.3) is 0 Å². The van der Waals surface area contributed by atoms with E-state index in [9.17, 15) is 4.79 Å². The van der Waals surface area contributed by atoms with Crippen molar-refractivity contribution in [3.63, 3.8) is 0 Å². The summed E-state index contributed by atoms with van der Waals surface area (Å²) in [5, 5.41) is 9.76. The van der Waals surface area contributed by atoms with E-state index in [1.54, 1.807) is 0 Å². The van der Waals surface area contributed by atoms with E-state index in [1.807, 2.05) is 0 Å². The first kappa shape index (κ1) is 19.1. The third kappa shape index (κ3) is 5.99. The SMILES string of the molecule is CCNC(=NCC1(CC)CCCC1)NCCC(=O)NC1CCCC1. The first-order valence-electron chi connectivity index (χ1n) is 9.99. The van der Waals surface area contributed by atoms with Gasteiger partial charge >= 0.3 is 0 Å². The first-order chi connectivity index (χ1) is 11.7. The Kier molecular flexibility index (Phi) is 7.86. The number of carbonyl (C=O) groups excluding carboxylic acids is 1. The molecule has 0 unspecified atom stereocenters. The number of hydrogen-bond donors (Lipinski definition) is 3. The molecule has 5 heteroatoms. The van der Waals surface area contributed by atoms with Gasteiger partial charge in [0.25, 0.3) is 0 Å². The molecule has 0 aromatic rings. The lowest BCUT2D eigenvalue weighted by Gasteiger charge is -2.25. The van der Waals surface area contributed by atoms with Crippen LogP contribution >= 0.6 is 0 Å². The van der Waals surface area contributed by atoms with Crippen LogP contribution in [0.15, 0.2) is 4.99 Å². The van der Waals surface area contributed by atoms with Gasteiger partial charge in [-0.25, -0.2) is 0 Å². The number of carbonyl (C=O) groups is 1. The molecule has 1 amide bonds. The summed E-state index contributed by atoms with van der Waals surface area (Å²) in [6.07, 6.45) is 11.8. The van der Waals surface area contributed by atoms with Crippen LogP contribution in [0.4, 0.5) is 0 Å². The Bertz CT molecular complexity index is 410. The second-order valence-corrected chi connectivity index (χ2v) is 7.48. The van der Waals surface area contributed by atoms with Crippen molar-refractivity contribution in [3.05, 3.63) is 0 Å². The monoisotopic (exact) mass is 336 g/mol. The van der Waals surface area contributed by atoms with E-state index in [0.29, 0.717) is 24.4 Å². The predicted octanol–water partition coefficient (Wildman–Crippen LogP) is 2.96. The molecule has 0 spiro atoms. The van der Waals surface area contributed by atoms with Crippen LogP contribution in [-0.4, -0.2) is 37.5 Å². The molecule has 2 aliphatic rings. The fourth-order valence-electron chi connectivity index (χ4n) is 4.00.